The van der Waals surface area contributed by atoms with Crippen LogP contribution in [0.2, 0.25) is 0 Å². The first-order valence-electron chi connectivity index (χ1n) is 5.57. The van der Waals surface area contributed by atoms with Gasteiger partial charge in [-0.05, 0) is 30.7 Å². The molecule has 2 heterocycles. The van der Waals surface area contributed by atoms with Crippen molar-refractivity contribution >= 4 is 17.2 Å². The van der Waals surface area contributed by atoms with Gasteiger partial charge in [0.2, 0.25) is 0 Å². The Morgan fingerprint density at radius 1 is 1.25 bits per heavy atom. The molecule has 2 aromatic heterocycles. The van der Waals surface area contributed by atoms with E-state index in [2.05, 4.69) is 35.4 Å². The lowest BCUT2D eigenvalue weighted by molar-refractivity contribution is 0.940. The molecule has 0 atom stereocenters. The maximum Gasteiger partial charge on any atom is 0.126 e. The molecule has 2 nitrogen and oxygen atoms in total. The van der Waals surface area contributed by atoms with Crippen molar-refractivity contribution in [3.8, 4) is 10.6 Å². The predicted molar refractivity (Wildman–Crippen MR) is 71.1 cm³/mol. The number of pyridine rings is 1. The lowest BCUT2D eigenvalue weighted by Crippen LogP contribution is -1.91. The topological polar surface area (TPSA) is 24.9 Å². The quantitative estimate of drug-likeness (QED) is 0.867. The van der Waals surface area contributed by atoms with Gasteiger partial charge in [-0.3, -0.25) is 0 Å². The molecule has 0 saturated carbocycles. The van der Waals surface area contributed by atoms with Gasteiger partial charge in [0.25, 0.3) is 0 Å². The van der Waals surface area contributed by atoms with Crippen molar-refractivity contribution in [2.45, 2.75) is 19.8 Å². The monoisotopic (exact) mass is 232 g/mol. The summed E-state index contributed by atoms with van der Waals surface area (Å²) in [6.45, 7) is 2.21. The largest absolute Gasteiger partial charge is 0.373 e. The summed E-state index contributed by atoms with van der Waals surface area (Å²) in [7, 11) is 1.89. The molecular weight excluding hydrogens is 216 g/mol. The molecule has 0 spiro atoms. The highest BCUT2D eigenvalue weighted by Crippen LogP contribution is 2.28. The Bertz CT molecular complexity index is 462. The lowest BCUT2D eigenvalue weighted by atomic mass is 10.2. The molecule has 84 valence electrons. The number of anilines is 1. The maximum absolute atomic E-state index is 4.53. The van der Waals surface area contributed by atoms with E-state index in [1.54, 1.807) is 0 Å². The maximum atomic E-state index is 4.53. The van der Waals surface area contributed by atoms with E-state index >= 15 is 0 Å². The molecule has 0 aliphatic carbocycles. The van der Waals surface area contributed by atoms with E-state index in [-0.39, 0.29) is 0 Å². The van der Waals surface area contributed by atoms with Gasteiger partial charge in [-0.2, -0.15) is 0 Å². The van der Waals surface area contributed by atoms with E-state index in [0.717, 1.165) is 17.9 Å². The second-order valence-electron chi connectivity index (χ2n) is 3.67. The molecular formula is C13H16N2S. The summed E-state index contributed by atoms with van der Waals surface area (Å²) >= 11 is 1.84. The molecule has 0 aromatic carbocycles. The molecule has 0 fully saturated rings. The first kappa shape index (κ1) is 11.1. The molecule has 1 N–H and O–H groups in total. The summed E-state index contributed by atoms with van der Waals surface area (Å²) in [6.07, 6.45) is 2.36. The Hall–Kier alpha value is -1.35. The Labute approximate surface area is 100 Å². The molecule has 16 heavy (non-hydrogen) atoms. The van der Waals surface area contributed by atoms with Gasteiger partial charge in [0.05, 0.1) is 10.6 Å². The molecule has 0 amide bonds. The smallest absolute Gasteiger partial charge is 0.126 e. The zero-order valence-corrected chi connectivity index (χ0v) is 10.5. The van der Waals surface area contributed by atoms with E-state index in [1.165, 1.54) is 16.2 Å². The molecule has 0 saturated heterocycles. The Morgan fingerprint density at radius 2 is 2.12 bits per heavy atom. The van der Waals surface area contributed by atoms with Crippen molar-refractivity contribution in [1.82, 2.24) is 4.98 Å². The average Bonchev–Trinajstić information content (AvgIpc) is 2.78. The van der Waals surface area contributed by atoms with Crippen molar-refractivity contribution in [1.29, 1.82) is 0 Å². The molecule has 0 radical (unpaired) electrons. The van der Waals surface area contributed by atoms with Crippen LogP contribution < -0.4 is 5.32 Å². The summed E-state index contributed by atoms with van der Waals surface area (Å²) in [5.41, 5.74) is 1.05. The molecule has 0 aliphatic heterocycles. The van der Waals surface area contributed by atoms with Crippen LogP contribution in [0.15, 0.2) is 30.3 Å². The van der Waals surface area contributed by atoms with Gasteiger partial charge in [-0.25, -0.2) is 4.98 Å². The number of hydrogen-bond donors (Lipinski definition) is 1. The fraction of sp³-hybridized carbons (Fsp3) is 0.308. The molecule has 0 aliphatic rings. The highest BCUT2D eigenvalue weighted by Gasteiger charge is 2.04. The number of thiophene rings is 1. The van der Waals surface area contributed by atoms with Gasteiger partial charge < -0.3 is 5.32 Å². The Kier molecular flexibility index (Phi) is 3.57. The molecule has 2 rings (SSSR count). The normalized spacial score (nSPS) is 10.4. The Balaban J connectivity index is 2.27. The van der Waals surface area contributed by atoms with Crippen molar-refractivity contribution < 1.29 is 0 Å². The van der Waals surface area contributed by atoms with Crippen LogP contribution >= 0.6 is 11.3 Å². The highest BCUT2D eigenvalue weighted by atomic mass is 32.1. The number of nitrogens with zero attached hydrogens (tertiary/aromatic N) is 1. The highest BCUT2D eigenvalue weighted by molar-refractivity contribution is 7.15. The summed E-state index contributed by atoms with van der Waals surface area (Å²) in [5.74, 6) is 0.919. The first-order valence-corrected chi connectivity index (χ1v) is 6.39. The summed E-state index contributed by atoms with van der Waals surface area (Å²) in [4.78, 5) is 7.22. The second-order valence-corrected chi connectivity index (χ2v) is 4.84. The number of hydrogen-bond acceptors (Lipinski definition) is 3. The minimum atomic E-state index is 0.919. The van der Waals surface area contributed by atoms with E-state index < -0.39 is 0 Å². The first-order chi connectivity index (χ1) is 7.83. The third-order valence-electron chi connectivity index (χ3n) is 2.42. The van der Waals surface area contributed by atoms with Crippen LogP contribution in [0.1, 0.15) is 18.2 Å². The summed E-state index contributed by atoms with van der Waals surface area (Å²) < 4.78 is 0. The van der Waals surface area contributed by atoms with E-state index in [1.807, 2.05) is 30.5 Å². The van der Waals surface area contributed by atoms with E-state index in [0.29, 0.717) is 0 Å². The van der Waals surface area contributed by atoms with Crippen molar-refractivity contribution in [3.63, 3.8) is 0 Å². The number of rotatable bonds is 4. The summed E-state index contributed by atoms with van der Waals surface area (Å²) in [6, 6.07) is 10.4. The standard InChI is InChI=1S/C13H16N2S/c1-3-5-10-8-9-12(16-10)11-6-4-7-13(14-2)15-11/h4,6-9H,3,5H2,1-2H3,(H,14,15). The molecule has 0 bridgehead atoms. The number of aryl methyl sites for hydroxylation is 1. The molecule has 2 aromatic rings. The van der Waals surface area contributed by atoms with Crippen LogP contribution in [0.5, 0.6) is 0 Å². The van der Waals surface area contributed by atoms with Crippen molar-refractivity contribution in [3.05, 3.63) is 35.2 Å². The van der Waals surface area contributed by atoms with Gasteiger partial charge in [0, 0.05) is 11.9 Å². The summed E-state index contributed by atoms with van der Waals surface area (Å²) in [5, 5.41) is 3.06. The SMILES string of the molecule is CCCc1ccc(-c2cccc(NC)n2)s1. The zero-order chi connectivity index (χ0) is 11.4. The zero-order valence-electron chi connectivity index (χ0n) is 9.66. The van der Waals surface area contributed by atoms with Crippen molar-refractivity contribution in [2.75, 3.05) is 12.4 Å². The number of nitrogens with one attached hydrogen (secondary N) is 1. The van der Waals surface area contributed by atoms with Crippen LogP contribution in [0.4, 0.5) is 5.82 Å². The fourth-order valence-corrected chi connectivity index (χ4v) is 2.69. The van der Waals surface area contributed by atoms with Gasteiger partial charge >= 0.3 is 0 Å². The predicted octanol–water partition coefficient (Wildman–Crippen LogP) is 3.80. The molecule has 0 unspecified atom stereocenters. The van der Waals surface area contributed by atoms with E-state index in [9.17, 15) is 0 Å². The lowest BCUT2D eigenvalue weighted by Gasteiger charge is -2.01. The van der Waals surface area contributed by atoms with Crippen LogP contribution in [-0.4, -0.2) is 12.0 Å². The number of aromatic nitrogens is 1. The van der Waals surface area contributed by atoms with Crippen molar-refractivity contribution in [2.24, 2.45) is 0 Å². The third kappa shape index (κ3) is 2.42. The van der Waals surface area contributed by atoms with Crippen LogP contribution in [0.3, 0.4) is 0 Å². The third-order valence-corrected chi connectivity index (χ3v) is 3.58. The fourth-order valence-electron chi connectivity index (χ4n) is 1.61. The second kappa shape index (κ2) is 5.12. The van der Waals surface area contributed by atoms with Gasteiger partial charge in [-0.1, -0.05) is 19.4 Å². The van der Waals surface area contributed by atoms with E-state index in [4.69, 9.17) is 0 Å². The van der Waals surface area contributed by atoms with Crippen LogP contribution in [0.25, 0.3) is 10.6 Å². The molecule has 3 heteroatoms. The van der Waals surface area contributed by atoms with Gasteiger partial charge in [0.1, 0.15) is 5.82 Å². The van der Waals surface area contributed by atoms with Gasteiger partial charge in [0.15, 0.2) is 0 Å². The van der Waals surface area contributed by atoms with Gasteiger partial charge in [-0.15, -0.1) is 11.3 Å². The van der Waals surface area contributed by atoms with Crippen LogP contribution in [0, 0.1) is 0 Å². The minimum Gasteiger partial charge on any atom is -0.373 e. The minimum absolute atomic E-state index is 0.919. The average molecular weight is 232 g/mol. The van der Waals surface area contributed by atoms with Crippen LogP contribution in [-0.2, 0) is 6.42 Å². The Morgan fingerprint density at radius 3 is 2.88 bits per heavy atom.